The summed E-state index contributed by atoms with van der Waals surface area (Å²) in [5.41, 5.74) is 0.818. The Morgan fingerprint density at radius 2 is 2.00 bits per heavy atom. The van der Waals surface area contributed by atoms with E-state index in [1.165, 1.54) is 0 Å². The minimum absolute atomic E-state index is 0.533. The second-order valence-corrected chi connectivity index (χ2v) is 4.25. The number of hydrogen-bond donors (Lipinski definition) is 0. The van der Waals surface area contributed by atoms with Crippen molar-refractivity contribution in [1.29, 1.82) is 0 Å². The van der Waals surface area contributed by atoms with Crippen molar-refractivity contribution in [3.05, 3.63) is 24.1 Å². The Bertz CT molecular complexity index is 542. The SMILES string of the molecule is COc1ccc(-c2noc(CCCCl)n2)cc1OC. The van der Waals surface area contributed by atoms with Gasteiger partial charge in [0.25, 0.3) is 0 Å². The Hall–Kier alpha value is -1.75. The predicted molar refractivity (Wildman–Crippen MR) is 71.9 cm³/mol. The van der Waals surface area contributed by atoms with E-state index in [4.69, 9.17) is 25.6 Å². The Balaban J connectivity index is 2.23. The van der Waals surface area contributed by atoms with Gasteiger partial charge in [-0.25, -0.2) is 0 Å². The second kappa shape index (κ2) is 6.43. The molecule has 6 heteroatoms. The lowest BCUT2D eigenvalue weighted by atomic mass is 10.2. The molecule has 5 nitrogen and oxygen atoms in total. The molecule has 0 N–H and O–H groups in total. The number of aromatic nitrogens is 2. The molecule has 0 spiro atoms. The fourth-order valence-electron chi connectivity index (χ4n) is 1.67. The largest absolute Gasteiger partial charge is 0.493 e. The fourth-order valence-corrected chi connectivity index (χ4v) is 1.80. The molecule has 0 unspecified atom stereocenters. The van der Waals surface area contributed by atoms with Gasteiger partial charge in [-0.3, -0.25) is 0 Å². The molecule has 0 saturated carbocycles. The Morgan fingerprint density at radius 3 is 2.68 bits per heavy atom. The number of ether oxygens (including phenoxy) is 2. The van der Waals surface area contributed by atoms with Crippen molar-refractivity contribution in [2.45, 2.75) is 12.8 Å². The topological polar surface area (TPSA) is 57.4 Å². The highest BCUT2D eigenvalue weighted by Crippen LogP contribution is 2.31. The zero-order valence-corrected chi connectivity index (χ0v) is 11.6. The van der Waals surface area contributed by atoms with Gasteiger partial charge in [-0.15, -0.1) is 11.6 Å². The number of halogens is 1. The van der Waals surface area contributed by atoms with Crippen LogP contribution in [0.1, 0.15) is 12.3 Å². The minimum Gasteiger partial charge on any atom is -0.493 e. The van der Waals surface area contributed by atoms with Gasteiger partial charge in [-0.1, -0.05) is 5.16 Å². The maximum absolute atomic E-state index is 5.63. The molecule has 0 fully saturated rings. The number of alkyl halides is 1. The van der Waals surface area contributed by atoms with Crippen molar-refractivity contribution >= 4 is 11.6 Å². The summed E-state index contributed by atoms with van der Waals surface area (Å²) in [5.74, 6) is 2.99. The molecule has 1 heterocycles. The maximum atomic E-state index is 5.63. The van der Waals surface area contributed by atoms with Crippen LogP contribution in [0.5, 0.6) is 11.5 Å². The lowest BCUT2D eigenvalue weighted by molar-refractivity contribution is 0.355. The first kappa shape index (κ1) is 13.7. The van der Waals surface area contributed by atoms with Gasteiger partial charge in [0.15, 0.2) is 11.5 Å². The van der Waals surface area contributed by atoms with Crippen molar-refractivity contribution in [3.8, 4) is 22.9 Å². The molecule has 1 aromatic heterocycles. The highest BCUT2D eigenvalue weighted by molar-refractivity contribution is 6.17. The molecule has 0 saturated heterocycles. The Kier molecular flexibility index (Phi) is 4.63. The number of methoxy groups -OCH3 is 2. The first-order valence-electron chi connectivity index (χ1n) is 5.89. The molecule has 2 rings (SSSR count). The van der Waals surface area contributed by atoms with Crippen molar-refractivity contribution in [2.24, 2.45) is 0 Å². The molecule has 0 aliphatic rings. The van der Waals surface area contributed by atoms with Crippen LogP contribution in [0.4, 0.5) is 0 Å². The number of hydrogen-bond acceptors (Lipinski definition) is 5. The molecule has 1 aromatic carbocycles. The predicted octanol–water partition coefficient (Wildman–Crippen LogP) is 2.93. The molecule has 0 atom stereocenters. The van der Waals surface area contributed by atoms with Crippen LogP contribution in [0.2, 0.25) is 0 Å². The van der Waals surface area contributed by atoms with Crippen LogP contribution < -0.4 is 9.47 Å². The molecule has 0 amide bonds. The molecular weight excluding hydrogens is 268 g/mol. The molecule has 0 bridgehead atoms. The van der Waals surface area contributed by atoms with Gasteiger partial charge < -0.3 is 14.0 Å². The number of aryl methyl sites for hydroxylation is 1. The normalized spacial score (nSPS) is 10.5. The smallest absolute Gasteiger partial charge is 0.227 e. The number of nitrogens with zero attached hydrogens (tertiary/aromatic N) is 2. The van der Waals surface area contributed by atoms with E-state index in [1.54, 1.807) is 14.2 Å². The summed E-state index contributed by atoms with van der Waals surface area (Å²) in [5, 5.41) is 3.94. The summed E-state index contributed by atoms with van der Waals surface area (Å²) in [7, 11) is 3.18. The van der Waals surface area contributed by atoms with Crippen LogP contribution in [0.3, 0.4) is 0 Å². The monoisotopic (exact) mass is 282 g/mol. The standard InChI is InChI=1S/C13H15ClN2O3/c1-17-10-6-5-9(8-11(10)18-2)13-15-12(19-16-13)4-3-7-14/h5-6,8H,3-4,7H2,1-2H3. The van der Waals surface area contributed by atoms with E-state index in [2.05, 4.69) is 10.1 Å². The van der Waals surface area contributed by atoms with Gasteiger partial charge in [0, 0.05) is 17.9 Å². The van der Waals surface area contributed by atoms with Crippen molar-refractivity contribution < 1.29 is 14.0 Å². The lowest BCUT2D eigenvalue weighted by Gasteiger charge is -2.07. The van der Waals surface area contributed by atoms with Gasteiger partial charge in [0.1, 0.15) is 0 Å². The lowest BCUT2D eigenvalue weighted by Crippen LogP contribution is -1.91. The molecule has 102 valence electrons. The molecule has 0 aliphatic carbocycles. The van der Waals surface area contributed by atoms with Crippen LogP contribution in [0.15, 0.2) is 22.7 Å². The summed E-state index contributed by atoms with van der Waals surface area (Å²) in [6, 6.07) is 5.48. The third kappa shape index (κ3) is 3.17. The third-order valence-electron chi connectivity index (χ3n) is 2.63. The van der Waals surface area contributed by atoms with Crippen LogP contribution in [-0.2, 0) is 6.42 Å². The van der Waals surface area contributed by atoms with Crippen molar-refractivity contribution in [2.75, 3.05) is 20.1 Å². The van der Waals surface area contributed by atoms with Crippen LogP contribution in [-0.4, -0.2) is 30.2 Å². The van der Waals surface area contributed by atoms with E-state index in [1.807, 2.05) is 18.2 Å². The van der Waals surface area contributed by atoms with Crippen molar-refractivity contribution in [3.63, 3.8) is 0 Å². The zero-order chi connectivity index (χ0) is 13.7. The fraction of sp³-hybridized carbons (Fsp3) is 0.385. The average molecular weight is 283 g/mol. The van der Waals surface area contributed by atoms with Gasteiger partial charge in [0.2, 0.25) is 11.7 Å². The number of rotatable bonds is 6. The van der Waals surface area contributed by atoms with Crippen molar-refractivity contribution in [1.82, 2.24) is 10.1 Å². The van der Waals surface area contributed by atoms with E-state index in [9.17, 15) is 0 Å². The van der Waals surface area contributed by atoms with E-state index < -0.39 is 0 Å². The van der Waals surface area contributed by atoms with Gasteiger partial charge in [0.05, 0.1) is 14.2 Å². The van der Waals surface area contributed by atoms with Gasteiger partial charge in [-0.2, -0.15) is 4.98 Å². The van der Waals surface area contributed by atoms with E-state index >= 15 is 0 Å². The van der Waals surface area contributed by atoms with E-state index in [0.717, 1.165) is 12.0 Å². The first-order chi connectivity index (χ1) is 9.28. The minimum atomic E-state index is 0.533. The van der Waals surface area contributed by atoms with E-state index in [0.29, 0.717) is 35.5 Å². The third-order valence-corrected chi connectivity index (χ3v) is 2.90. The molecule has 2 aromatic rings. The van der Waals surface area contributed by atoms with E-state index in [-0.39, 0.29) is 0 Å². The molecule has 0 radical (unpaired) electrons. The quantitative estimate of drug-likeness (QED) is 0.763. The van der Waals surface area contributed by atoms with Crippen LogP contribution >= 0.6 is 11.6 Å². The van der Waals surface area contributed by atoms with Crippen LogP contribution in [0.25, 0.3) is 11.4 Å². The maximum Gasteiger partial charge on any atom is 0.227 e. The van der Waals surface area contributed by atoms with Gasteiger partial charge >= 0.3 is 0 Å². The zero-order valence-electron chi connectivity index (χ0n) is 10.9. The summed E-state index contributed by atoms with van der Waals surface area (Å²) in [6.07, 6.45) is 1.50. The summed E-state index contributed by atoms with van der Waals surface area (Å²) >= 11 is 5.63. The highest BCUT2D eigenvalue weighted by atomic mass is 35.5. The second-order valence-electron chi connectivity index (χ2n) is 3.87. The summed E-state index contributed by atoms with van der Waals surface area (Å²) < 4.78 is 15.6. The number of benzene rings is 1. The Morgan fingerprint density at radius 1 is 1.21 bits per heavy atom. The molecule has 0 aliphatic heterocycles. The molecular formula is C13H15ClN2O3. The van der Waals surface area contributed by atoms with Gasteiger partial charge in [-0.05, 0) is 24.6 Å². The average Bonchev–Trinajstić information content (AvgIpc) is 2.93. The first-order valence-corrected chi connectivity index (χ1v) is 6.43. The molecule has 19 heavy (non-hydrogen) atoms. The summed E-state index contributed by atoms with van der Waals surface area (Å²) in [4.78, 5) is 4.32. The Labute approximate surface area is 116 Å². The summed E-state index contributed by atoms with van der Waals surface area (Å²) in [6.45, 7) is 0. The van der Waals surface area contributed by atoms with Crippen LogP contribution in [0, 0.1) is 0 Å². The highest BCUT2D eigenvalue weighted by Gasteiger charge is 2.11.